The first-order valence-corrected chi connectivity index (χ1v) is 13.2. The van der Waals surface area contributed by atoms with Crippen molar-refractivity contribution in [1.29, 1.82) is 0 Å². The van der Waals surface area contributed by atoms with Gasteiger partial charge in [-0.3, -0.25) is 4.79 Å². The summed E-state index contributed by atoms with van der Waals surface area (Å²) in [5.41, 5.74) is 4.59. The third-order valence-electron chi connectivity index (χ3n) is 6.33. The molecule has 0 saturated carbocycles. The molecule has 0 fully saturated rings. The van der Waals surface area contributed by atoms with E-state index in [1.165, 1.54) is 6.33 Å². The van der Waals surface area contributed by atoms with Crippen LogP contribution in [0.5, 0.6) is 11.5 Å². The summed E-state index contributed by atoms with van der Waals surface area (Å²) in [7, 11) is 0. The first kappa shape index (κ1) is 26.6. The van der Waals surface area contributed by atoms with E-state index < -0.39 is 6.04 Å². The van der Waals surface area contributed by atoms with Crippen LogP contribution in [-0.2, 0) is 11.4 Å². The Morgan fingerprint density at radius 2 is 1.82 bits per heavy atom. The molecule has 0 spiro atoms. The molecular formula is C29H27Cl2N5O3. The van der Waals surface area contributed by atoms with Crippen LogP contribution in [0.2, 0.25) is 10.0 Å². The molecule has 2 N–H and O–H groups in total. The van der Waals surface area contributed by atoms with E-state index in [1.54, 1.807) is 16.8 Å². The molecule has 3 aromatic carbocycles. The molecule has 4 aromatic rings. The van der Waals surface area contributed by atoms with Gasteiger partial charge in [-0.25, -0.2) is 4.68 Å². The molecule has 1 aromatic heterocycles. The largest absolute Gasteiger partial charge is 0.490 e. The van der Waals surface area contributed by atoms with Crippen molar-refractivity contribution in [2.24, 2.45) is 0 Å². The molecule has 1 atom stereocenters. The fourth-order valence-electron chi connectivity index (χ4n) is 4.41. The van der Waals surface area contributed by atoms with Gasteiger partial charge in [-0.05, 0) is 62.7 Å². The highest BCUT2D eigenvalue weighted by Gasteiger charge is 2.34. The van der Waals surface area contributed by atoms with E-state index in [1.807, 2.05) is 69.3 Å². The van der Waals surface area contributed by atoms with E-state index in [0.717, 1.165) is 16.7 Å². The third kappa shape index (κ3) is 5.72. The van der Waals surface area contributed by atoms with Gasteiger partial charge in [-0.2, -0.15) is 10.1 Å². The second-order valence-electron chi connectivity index (χ2n) is 9.08. The Morgan fingerprint density at radius 3 is 2.56 bits per heavy atom. The maximum Gasteiger partial charge on any atom is 0.255 e. The fourth-order valence-corrected chi connectivity index (χ4v) is 4.87. The molecule has 0 aliphatic carbocycles. The molecule has 0 radical (unpaired) electrons. The van der Waals surface area contributed by atoms with Crippen LogP contribution in [0.3, 0.4) is 0 Å². The number of ether oxygens (including phenoxy) is 2. The number of aryl methyl sites for hydroxylation is 1. The predicted molar refractivity (Wildman–Crippen MR) is 153 cm³/mol. The van der Waals surface area contributed by atoms with Crippen molar-refractivity contribution in [2.45, 2.75) is 33.4 Å². The molecule has 1 unspecified atom stereocenters. The molecular weight excluding hydrogens is 537 g/mol. The molecule has 0 bridgehead atoms. The number of anilines is 2. The Morgan fingerprint density at radius 1 is 1.03 bits per heavy atom. The van der Waals surface area contributed by atoms with E-state index in [-0.39, 0.29) is 12.5 Å². The summed E-state index contributed by atoms with van der Waals surface area (Å²) in [6, 6.07) is 18.0. The second kappa shape index (κ2) is 11.4. The van der Waals surface area contributed by atoms with Gasteiger partial charge in [-0.15, -0.1) is 0 Å². The van der Waals surface area contributed by atoms with Gasteiger partial charge < -0.3 is 20.1 Å². The Balaban J connectivity index is 1.48. The van der Waals surface area contributed by atoms with Crippen molar-refractivity contribution in [3.63, 3.8) is 0 Å². The summed E-state index contributed by atoms with van der Waals surface area (Å²) in [6.45, 7) is 6.42. The van der Waals surface area contributed by atoms with Gasteiger partial charge in [0.1, 0.15) is 19.0 Å². The molecule has 200 valence electrons. The van der Waals surface area contributed by atoms with Crippen molar-refractivity contribution in [1.82, 2.24) is 14.8 Å². The van der Waals surface area contributed by atoms with Crippen LogP contribution in [-0.4, -0.2) is 27.3 Å². The number of hydrogen-bond donors (Lipinski definition) is 2. The van der Waals surface area contributed by atoms with E-state index >= 15 is 0 Å². The number of fused-ring (bicyclic) bond motifs is 1. The van der Waals surface area contributed by atoms with Gasteiger partial charge in [0.15, 0.2) is 11.5 Å². The number of rotatable bonds is 8. The van der Waals surface area contributed by atoms with Crippen LogP contribution in [0.25, 0.3) is 0 Å². The molecule has 10 heteroatoms. The SMILES string of the molecule is CCOc1cc(C2C(C(=O)Nc3ccc(C)cc3)=C(C)Nc3ncnn32)ccc1OCc1ccc(Cl)cc1Cl. The van der Waals surface area contributed by atoms with Crippen molar-refractivity contribution in [3.8, 4) is 11.5 Å². The topological polar surface area (TPSA) is 90.3 Å². The standard InChI is InChI=1S/C29H27Cl2N5O3/c1-4-38-25-13-19(8-12-24(25)39-15-20-7-9-21(30)14-23(20)31)27-26(18(3)34-29-32-16-33-36(27)29)28(37)35-22-10-5-17(2)6-11-22/h5-14,16,27H,4,15H2,1-3H3,(H,35,37)(H,32,33,34). The Labute approximate surface area is 236 Å². The van der Waals surface area contributed by atoms with Crippen molar-refractivity contribution < 1.29 is 14.3 Å². The molecule has 1 amide bonds. The molecule has 39 heavy (non-hydrogen) atoms. The number of aromatic nitrogens is 3. The van der Waals surface area contributed by atoms with Crippen LogP contribution in [0.15, 0.2) is 78.3 Å². The average Bonchev–Trinajstić information content (AvgIpc) is 3.37. The lowest BCUT2D eigenvalue weighted by Gasteiger charge is -2.29. The maximum atomic E-state index is 13.6. The van der Waals surface area contributed by atoms with Crippen LogP contribution in [0.1, 0.15) is 36.6 Å². The van der Waals surface area contributed by atoms with Gasteiger partial charge in [0.05, 0.1) is 12.2 Å². The van der Waals surface area contributed by atoms with Gasteiger partial charge in [0, 0.05) is 27.0 Å². The van der Waals surface area contributed by atoms with Crippen LogP contribution in [0.4, 0.5) is 11.6 Å². The highest BCUT2D eigenvalue weighted by atomic mass is 35.5. The lowest BCUT2D eigenvalue weighted by molar-refractivity contribution is -0.113. The minimum atomic E-state index is -0.548. The highest BCUT2D eigenvalue weighted by Crippen LogP contribution is 2.39. The van der Waals surface area contributed by atoms with Gasteiger partial charge in [0.2, 0.25) is 5.95 Å². The Kier molecular flexibility index (Phi) is 7.77. The summed E-state index contributed by atoms with van der Waals surface area (Å²) in [5, 5.41) is 11.7. The molecule has 1 aliphatic heterocycles. The minimum Gasteiger partial charge on any atom is -0.490 e. The van der Waals surface area contributed by atoms with Crippen molar-refractivity contribution in [2.75, 3.05) is 17.2 Å². The maximum absolute atomic E-state index is 13.6. The fraction of sp³-hybridized carbons (Fsp3) is 0.207. The van der Waals surface area contributed by atoms with Gasteiger partial charge in [-0.1, -0.05) is 53.0 Å². The lowest BCUT2D eigenvalue weighted by atomic mass is 9.94. The zero-order chi connectivity index (χ0) is 27.5. The molecule has 2 heterocycles. The number of allylic oxidation sites excluding steroid dienone is 1. The zero-order valence-corrected chi connectivity index (χ0v) is 23.2. The van der Waals surface area contributed by atoms with E-state index in [0.29, 0.717) is 51.1 Å². The first-order valence-electron chi connectivity index (χ1n) is 12.4. The zero-order valence-electron chi connectivity index (χ0n) is 21.7. The van der Waals surface area contributed by atoms with Crippen molar-refractivity contribution in [3.05, 3.63) is 105 Å². The van der Waals surface area contributed by atoms with Crippen LogP contribution in [0, 0.1) is 6.92 Å². The second-order valence-corrected chi connectivity index (χ2v) is 9.92. The monoisotopic (exact) mass is 563 g/mol. The van der Waals surface area contributed by atoms with E-state index in [4.69, 9.17) is 32.7 Å². The molecule has 8 nitrogen and oxygen atoms in total. The minimum absolute atomic E-state index is 0.235. The van der Waals surface area contributed by atoms with Crippen LogP contribution >= 0.6 is 23.2 Å². The summed E-state index contributed by atoms with van der Waals surface area (Å²) in [4.78, 5) is 17.9. The Bertz CT molecular complexity index is 1550. The summed E-state index contributed by atoms with van der Waals surface area (Å²) in [5.74, 6) is 1.38. The van der Waals surface area contributed by atoms with Crippen LogP contribution < -0.4 is 20.1 Å². The normalized spacial score (nSPS) is 14.4. The summed E-state index contributed by atoms with van der Waals surface area (Å²) < 4.78 is 13.7. The lowest BCUT2D eigenvalue weighted by Crippen LogP contribution is -2.31. The number of carbonyl (C=O) groups is 1. The van der Waals surface area contributed by atoms with Gasteiger partial charge in [0.25, 0.3) is 5.91 Å². The number of carbonyl (C=O) groups excluding carboxylic acids is 1. The highest BCUT2D eigenvalue weighted by molar-refractivity contribution is 6.35. The smallest absolute Gasteiger partial charge is 0.255 e. The number of benzene rings is 3. The third-order valence-corrected chi connectivity index (χ3v) is 6.92. The summed E-state index contributed by atoms with van der Waals surface area (Å²) in [6.07, 6.45) is 1.46. The first-order chi connectivity index (χ1) is 18.8. The average molecular weight is 564 g/mol. The predicted octanol–water partition coefficient (Wildman–Crippen LogP) is 6.80. The number of nitrogens with one attached hydrogen (secondary N) is 2. The molecule has 0 saturated heterocycles. The number of halogens is 2. The summed E-state index contributed by atoms with van der Waals surface area (Å²) >= 11 is 12.3. The number of amides is 1. The van der Waals surface area contributed by atoms with E-state index in [2.05, 4.69) is 20.7 Å². The molecule has 5 rings (SSSR count). The van der Waals surface area contributed by atoms with E-state index in [9.17, 15) is 4.79 Å². The number of nitrogens with zero attached hydrogens (tertiary/aromatic N) is 3. The van der Waals surface area contributed by atoms with Gasteiger partial charge >= 0.3 is 0 Å². The number of hydrogen-bond acceptors (Lipinski definition) is 6. The van der Waals surface area contributed by atoms with Crippen molar-refractivity contribution >= 4 is 40.7 Å². The quantitative estimate of drug-likeness (QED) is 0.245. The molecule has 1 aliphatic rings. The Hall–Kier alpha value is -4.01.